The summed E-state index contributed by atoms with van der Waals surface area (Å²) in [6, 6.07) is 9.45. The number of aldehydes is 1. The molecule has 3 heteroatoms. The van der Waals surface area contributed by atoms with E-state index in [1.54, 1.807) is 6.07 Å². The predicted molar refractivity (Wildman–Crippen MR) is 65.3 cm³/mol. The first-order chi connectivity index (χ1) is 8.36. The fraction of sp³-hybridized carbons (Fsp3) is 0.286. The minimum atomic E-state index is 0.444. The second-order valence-corrected chi connectivity index (χ2v) is 4.44. The Morgan fingerprint density at radius 2 is 2.18 bits per heavy atom. The number of ether oxygens (including phenoxy) is 1. The van der Waals surface area contributed by atoms with E-state index >= 15 is 0 Å². The molecule has 0 radical (unpaired) electrons. The molecule has 1 aromatic carbocycles. The second kappa shape index (κ2) is 4.17. The fourth-order valence-corrected chi connectivity index (χ4v) is 1.81. The number of fused-ring (bicyclic) bond motifs is 1. The quantitative estimate of drug-likeness (QED) is 0.754. The number of hydrogen-bond acceptors (Lipinski definition) is 3. The molecule has 3 nitrogen and oxygen atoms in total. The number of carbonyl (C=O) groups excluding carboxylic acids is 1. The summed E-state index contributed by atoms with van der Waals surface area (Å²) in [6.07, 6.45) is 3.28. The van der Waals surface area contributed by atoms with E-state index in [2.05, 4.69) is 4.98 Å². The predicted octanol–water partition coefficient (Wildman–Crippen LogP) is 2.84. The molecule has 17 heavy (non-hydrogen) atoms. The Morgan fingerprint density at radius 1 is 1.29 bits per heavy atom. The van der Waals surface area contributed by atoms with Crippen LogP contribution in [-0.4, -0.2) is 17.9 Å². The Bertz CT molecular complexity index is 561. The highest BCUT2D eigenvalue weighted by Crippen LogP contribution is 2.31. The van der Waals surface area contributed by atoms with E-state index in [9.17, 15) is 4.79 Å². The maximum absolute atomic E-state index is 10.7. The van der Waals surface area contributed by atoms with Crippen LogP contribution in [0.4, 0.5) is 0 Å². The molecule has 1 heterocycles. The zero-order valence-electron chi connectivity index (χ0n) is 9.43. The van der Waals surface area contributed by atoms with Gasteiger partial charge in [-0.15, -0.1) is 0 Å². The summed E-state index contributed by atoms with van der Waals surface area (Å²) in [5.74, 6) is 1.48. The van der Waals surface area contributed by atoms with Crippen LogP contribution in [0.5, 0.6) is 5.75 Å². The van der Waals surface area contributed by atoms with Gasteiger partial charge in [0.2, 0.25) is 0 Å². The van der Waals surface area contributed by atoms with Crippen molar-refractivity contribution in [3.63, 3.8) is 0 Å². The maximum atomic E-state index is 10.7. The molecular formula is C14H13NO2. The Hall–Kier alpha value is -1.90. The summed E-state index contributed by atoms with van der Waals surface area (Å²) in [5, 5.41) is 1.00. The van der Waals surface area contributed by atoms with Crippen molar-refractivity contribution < 1.29 is 9.53 Å². The summed E-state index contributed by atoms with van der Waals surface area (Å²) in [6.45, 7) is 0.756. The summed E-state index contributed by atoms with van der Waals surface area (Å²) >= 11 is 0. The van der Waals surface area contributed by atoms with Crippen molar-refractivity contribution in [3.8, 4) is 5.75 Å². The second-order valence-electron chi connectivity index (χ2n) is 4.44. The van der Waals surface area contributed by atoms with Crippen LogP contribution in [0.1, 0.15) is 23.3 Å². The van der Waals surface area contributed by atoms with Crippen LogP contribution in [0.25, 0.3) is 10.9 Å². The molecule has 0 saturated heterocycles. The molecule has 0 amide bonds. The van der Waals surface area contributed by atoms with Crippen molar-refractivity contribution >= 4 is 17.2 Å². The summed E-state index contributed by atoms with van der Waals surface area (Å²) in [5.41, 5.74) is 1.22. The Labute approximate surface area is 99.4 Å². The van der Waals surface area contributed by atoms with Gasteiger partial charge in [0.15, 0.2) is 6.29 Å². The molecule has 3 rings (SSSR count). The number of pyridine rings is 1. The molecule has 0 unspecified atom stereocenters. The molecule has 86 valence electrons. The Balaban J connectivity index is 1.99. The first-order valence-corrected chi connectivity index (χ1v) is 5.84. The Morgan fingerprint density at radius 3 is 2.94 bits per heavy atom. The lowest BCUT2D eigenvalue weighted by Gasteiger charge is -2.08. The first kappa shape index (κ1) is 10.3. The van der Waals surface area contributed by atoms with Crippen LogP contribution in [0.2, 0.25) is 0 Å². The number of hydrogen-bond donors (Lipinski definition) is 0. The van der Waals surface area contributed by atoms with E-state index in [0.717, 1.165) is 29.5 Å². The summed E-state index contributed by atoms with van der Waals surface area (Å²) in [4.78, 5) is 15.0. The first-order valence-electron chi connectivity index (χ1n) is 5.84. The lowest BCUT2D eigenvalue weighted by atomic mass is 10.2. The van der Waals surface area contributed by atoms with E-state index in [-0.39, 0.29) is 0 Å². The monoisotopic (exact) mass is 227 g/mol. The van der Waals surface area contributed by atoms with Gasteiger partial charge < -0.3 is 4.74 Å². The molecule has 1 saturated carbocycles. The van der Waals surface area contributed by atoms with E-state index < -0.39 is 0 Å². The van der Waals surface area contributed by atoms with Crippen molar-refractivity contribution in [1.82, 2.24) is 4.98 Å². The van der Waals surface area contributed by atoms with Crippen LogP contribution in [0.15, 0.2) is 30.3 Å². The third kappa shape index (κ3) is 2.13. The number of para-hydroxylation sites is 1. The average Bonchev–Trinajstić information content (AvgIpc) is 3.19. The number of nitrogens with zero attached hydrogens (tertiary/aromatic N) is 1. The van der Waals surface area contributed by atoms with E-state index in [1.165, 1.54) is 12.8 Å². The van der Waals surface area contributed by atoms with Gasteiger partial charge in [0.05, 0.1) is 6.61 Å². The van der Waals surface area contributed by atoms with Gasteiger partial charge >= 0.3 is 0 Å². The molecule has 0 aliphatic heterocycles. The maximum Gasteiger partial charge on any atom is 0.168 e. The molecule has 1 fully saturated rings. The standard InChI is InChI=1S/C14H13NO2/c16-8-12-7-6-11-2-1-3-13(14(11)15-12)17-9-10-4-5-10/h1-3,6-8,10H,4-5,9H2. The fourth-order valence-electron chi connectivity index (χ4n) is 1.81. The van der Waals surface area contributed by atoms with Crippen molar-refractivity contribution in [3.05, 3.63) is 36.0 Å². The third-order valence-corrected chi connectivity index (χ3v) is 3.00. The molecule has 1 aromatic heterocycles. The number of aromatic nitrogens is 1. The van der Waals surface area contributed by atoms with Gasteiger partial charge in [-0.2, -0.15) is 0 Å². The minimum absolute atomic E-state index is 0.444. The van der Waals surface area contributed by atoms with Gasteiger partial charge in [-0.1, -0.05) is 18.2 Å². The van der Waals surface area contributed by atoms with Crippen LogP contribution < -0.4 is 4.74 Å². The van der Waals surface area contributed by atoms with Gasteiger partial charge in [-0.05, 0) is 30.9 Å². The van der Waals surface area contributed by atoms with Crippen molar-refractivity contribution in [2.24, 2.45) is 5.92 Å². The van der Waals surface area contributed by atoms with Crippen LogP contribution >= 0.6 is 0 Å². The molecule has 0 atom stereocenters. The van der Waals surface area contributed by atoms with Crippen LogP contribution in [-0.2, 0) is 0 Å². The molecule has 0 N–H and O–H groups in total. The smallest absolute Gasteiger partial charge is 0.168 e. The lowest BCUT2D eigenvalue weighted by Crippen LogP contribution is -2.00. The van der Waals surface area contributed by atoms with Crippen molar-refractivity contribution in [2.45, 2.75) is 12.8 Å². The van der Waals surface area contributed by atoms with Gasteiger partial charge in [-0.3, -0.25) is 4.79 Å². The summed E-state index contributed by atoms with van der Waals surface area (Å²) in [7, 11) is 0. The largest absolute Gasteiger partial charge is 0.491 e. The molecule has 2 aromatic rings. The van der Waals surface area contributed by atoms with Crippen molar-refractivity contribution in [2.75, 3.05) is 6.61 Å². The van der Waals surface area contributed by atoms with Gasteiger partial charge in [0.25, 0.3) is 0 Å². The molecule has 1 aliphatic carbocycles. The summed E-state index contributed by atoms with van der Waals surface area (Å²) < 4.78 is 5.76. The zero-order chi connectivity index (χ0) is 11.7. The highest BCUT2D eigenvalue weighted by atomic mass is 16.5. The lowest BCUT2D eigenvalue weighted by molar-refractivity contribution is 0.111. The molecule has 0 spiro atoms. The normalized spacial score (nSPS) is 14.8. The molecule has 1 aliphatic rings. The topological polar surface area (TPSA) is 39.2 Å². The zero-order valence-corrected chi connectivity index (χ0v) is 9.43. The van der Waals surface area contributed by atoms with Gasteiger partial charge in [0.1, 0.15) is 17.0 Å². The van der Waals surface area contributed by atoms with Gasteiger partial charge in [-0.25, -0.2) is 4.98 Å². The van der Waals surface area contributed by atoms with E-state index in [1.807, 2.05) is 24.3 Å². The van der Waals surface area contributed by atoms with Crippen LogP contribution in [0.3, 0.4) is 0 Å². The van der Waals surface area contributed by atoms with Crippen LogP contribution in [0, 0.1) is 5.92 Å². The number of rotatable bonds is 4. The highest BCUT2D eigenvalue weighted by Gasteiger charge is 2.22. The van der Waals surface area contributed by atoms with E-state index in [0.29, 0.717) is 11.6 Å². The molecule has 0 bridgehead atoms. The number of carbonyl (C=O) groups is 1. The van der Waals surface area contributed by atoms with Crippen molar-refractivity contribution in [1.29, 1.82) is 0 Å². The molecular weight excluding hydrogens is 214 g/mol. The van der Waals surface area contributed by atoms with Gasteiger partial charge in [0, 0.05) is 5.39 Å². The SMILES string of the molecule is O=Cc1ccc2cccc(OCC3CC3)c2n1. The highest BCUT2D eigenvalue weighted by molar-refractivity contribution is 5.87. The van der Waals surface area contributed by atoms with E-state index in [4.69, 9.17) is 4.74 Å². The third-order valence-electron chi connectivity index (χ3n) is 3.00. The number of benzene rings is 1. The Kier molecular flexibility index (Phi) is 2.52. The average molecular weight is 227 g/mol. The minimum Gasteiger partial charge on any atom is -0.491 e.